The largest absolute Gasteiger partial charge is 0.361 e. The van der Waals surface area contributed by atoms with Crippen molar-refractivity contribution in [3.8, 4) is 0 Å². The number of nitrogens with zero attached hydrogens (tertiary/aromatic N) is 4. The van der Waals surface area contributed by atoms with Crippen LogP contribution in [-0.2, 0) is 11.2 Å². The lowest BCUT2D eigenvalue weighted by molar-refractivity contribution is -0.134. The van der Waals surface area contributed by atoms with Crippen LogP contribution in [0.1, 0.15) is 72.0 Å². The first-order chi connectivity index (χ1) is 16.1. The number of piperidine rings is 2. The molecule has 0 spiro atoms. The SMILES string of the molecule is Cc1ncc(C(=O)N2CCCCC2)c([C@H]2CCCCN2C(=O)Cc2c[nH]c3ccccc23)n1. The number of nitrogens with one attached hydrogen (secondary N) is 1. The third-order valence-electron chi connectivity index (χ3n) is 6.97. The van der Waals surface area contributed by atoms with E-state index in [-0.39, 0.29) is 17.9 Å². The van der Waals surface area contributed by atoms with E-state index in [4.69, 9.17) is 4.98 Å². The summed E-state index contributed by atoms with van der Waals surface area (Å²) in [5.41, 5.74) is 3.31. The van der Waals surface area contributed by atoms with Gasteiger partial charge in [0.1, 0.15) is 5.82 Å². The summed E-state index contributed by atoms with van der Waals surface area (Å²) in [6, 6.07) is 7.86. The van der Waals surface area contributed by atoms with E-state index in [1.807, 2.05) is 47.2 Å². The average Bonchev–Trinajstić information content (AvgIpc) is 3.27. The van der Waals surface area contributed by atoms with Crippen molar-refractivity contribution >= 4 is 22.7 Å². The molecule has 2 aliphatic heterocycles. The molecule has 7 nitrogen and oxygen atoms in total. The summed E-state index contributed by atoms with van der Waals surface area (Å²) in [4.78, 5) is 43.1. The van der Waals surface area contributed by atoms with E-state index in [9.17, 15) is 9.59 Å². The van der Waals surface area contributed by atoms with E-state index < -0.39 is 0 Å². The zero-order valence-corrected chi connectivity index (χ0v) is 19.2. The number of amides is 2. The second-order valence-electron chi connectivity index (χ2n) is 9.20. The summed E-state index contributed by atoms with van der Waals surface area (Å²) in [7, 11) is 0. The molecule has 0 unspecified atom stereocenters. The average molecular weight is 446 g/mol. The minimum Gasteiger partial charge on any atom is -0.361 e. The highest BCUT2D eigenvalue weighted by Crippen LogP contribution is 2.33. The molecule has 0 saturated carbocycles. The first-order valence-electron chi connectivity index (χ1n) is 12.1. The number of rotatable bonds is 4. The van der Waals surface area contributed by atoms with Crippen molar-refractivity contribution in [2.45, 2.75) is 57.9 Å². The molecule has 2 aromatic heterocycles. The second kappa shape index (κ2) is 9.33. The maximum Gasteiger partial charge on any atom is 0.257 e. The number of carbonyl (C=O) groups is 2. The van der Waals surface area contributed by atoms with Crippen LogP contribution in [0.25, 0.3) is 10.9 Å². The summed E-state index contributed by atoms with van der Waals surface area (Å²) < 4.78 is 0. The molecule has 0 radical (unpaired) electrons. The molecule has 0 bridgehead atoms. The molecule has 2 fully saturated rings. The molecule has 1 N–H and O–H groups in total. The lowest BCUT2D eigenvalue weighted by Gasteiger charge is -2.37. The van der Waals surface area contributed by atoms with Gasteiger partial charge in [-0.1, -0.05) is 18.2 Å². The minimum atomic E-state index is -0.193. The summed E-state index contributed by atoms with van der Waals surface area (Å²) >= 11 is 0. The first-order valence-corrected chi connectivity index (χ1v) is 12.1. The van der Waals surface area contributed by atoms with E-state index in [1.54, 1.807) is 6.20 Å². The Labute approximate surface area is 194 Å². The number of fused-ring (bicyclic) bond motifs is 1. The van der Waals surface area contributed by atoms with Gasteiger partial charge in [0.25, 0.3) is 5.91 Å². The van der Waals surface area contributed by atoms with Gasteiger partial charge in [-0.05, 0) is 57.1 Å². The number of aryl methyl sites for hydroxylation is 1. The summed E-state index contributed by atoms with van der Waals surface area (Å²) in [6.45, 7) is 4.09. The summed E-state index contributed by atoms with van der Waals surface area (Å²) in [5.74, 6) is 0.714. The normalized spacial score (nSPS) is 19.1. The zero-order valence-electron chi connectivity index (χ0n) is 19.2. The smallest absolute Gasteiger partial charge is 0.257 e. The lowest BCUT2D eigenvalue weighted by atomic mass is 9.94. The third kappa shape index (κ3) is 4.36. The highest BCUT2D eigenvalue weighted by atomic mass is 16.2. The maximum absolute atomic E-state index is 13.5. The van der Waals surface area contributed by atoms with E-state index in [1.165, 1.54) is 6.42 Å². The number of aromatic amines is 1. The molecule has 4 heterocycles. The number of carbonyl (C=O) groups excluding carboxylic acids is 2. The lowest BCUT2D eigenvalue weighted by Crippen LogP contribution is -2.42. The predicted molar refractivity (Wildman–Crippen MR) is 127 cm³/mol. The quantitative estimate of drug-likeness (QED) is 0.653. The van der Waals surface area contributed by atoms with E-state index in [0.29, 0.717) is 30.0 Å². The van der Waals surface area contributed by atoms with Crippen molar-refractivity contribution in [2.75, 3.05) is 19.6 Å². The Kier molecular flexibility index (Phi) is 6.11. The Hall–Kier alpha value is -3.22. The summed E-state index contributed by atoms with van der Waals surface area (Å²) in [5, 5.41) is 1.08. The van der Waals surface area contributed by atoms with Crippen LogP contribution in [-0.4, -0.2) is 56.2 Å². The van der Waals surface area contributed by atoms with Gasteiger partial charge in [0.2, 0.25) is 5.91 Å². The van der Waals surface area contributed by atoms with E-state index in [0.717, 1.165) is 61.7 Å². The number of hydrogen-bond acceptors (Lipinski definition) is 4. The molecular weight excluding hydrogens is 414 g/mol. The van der Waals surface area contributed by atoms with Gasteiger partial charge >= 0.3 is 0 Å². The highest BCUT2D eigenvalue weighted by Gasteiger charge is 2.33. The van der Waals surface area contributed by atoms with Gasteiger partial charge in [-0.3, -0.25) is 9.59 Å². The molecule has 0 aliphatic carbocycles. The molecule has 1 aromatic carbocycles. The molecular formula is C26H31N5O2. The van der Waals surface area contributed by atoms with Gasteiger partial charge in [0, 0.05) is 42.9 Å². The van der Waals surface area contributed by atoms with Crippen LogP contribution < -0.4 is 0 Å². The number of aromatic nitrogens is 3. The number of para-hydroxylation sites is 1. The first kappa shape index (κ1) is 21.6. The van der Waals surface area contributed by atoms with Crippen molar-refractivity contribution in [3.63, 3.8) is 0 Å². The fraction of sp³-hybridized carbons (Fsp3) is 0.462. The predicted octanol–water partition coefficient (Wildman–Crippen LogP) is 4.19. The topological polar surface area (TPSA) is 82.2 Å². The maximum atomic E-state index is 13.5. The monoisotopic (exact) mass is 445 g/mol. The Morgan fingerprint density at radius 3 is 2.70 bits per heavy atom. The van der Waals surface area contributed by atoms with Crippen LogP contribution in [0, 0.1) is 6.92 Å². The molecule has 7 heteroatoms. The van der Waals surface area contributed by atoms with Crippen molar-refractivity contribution in [3.05, 3.63) is 59.3 Å². The minimum absolute atomic E-state index is 0.000647. The number of benzene rings is 1. The second-order valence-corrected chi connectivity index (χ2v) is 9.20. The Morgan fingerprint density at radius 1 is 1.06 bits per heavy atom. The number of likely N-dealkylation sites (tertiary alicyclic amines) is 2. The molecule has 172 valence electrons. The third-order valence-corrected chi connectivity index (χ3v) is 6.97. The van der Waals surface area contributed by atoms with E-state index >= 15 is 0 Å². The number of H-pyrrole nitrogens is 1. The fourth-order valence-corrected chi connectivity index (χ4v) is 5.23. The van der Waals surface area contributed by atoms with Crippen molar-refractivity contribution in [1.29, 1.82) is 0 Å². The van der Waals surface area contributed by atoms with Crippen molar-refractivity contribution < 1.29 is 9.59 Å². The molecule has 2 saturated heterocycles. The standard InChI is InChI=1S/C26H31N5O2/c1-18-27-17-21(26(33)30-12-6-2-7-13-30)25(29-18)23-11-5-8-14-31(23)24(32)15-19-16-28-22-10-4-3-9-20(19)22/h3-4,9-10,16-17,23,28H,2,5-8,11-15H2,1H3/t23-/m1/s1. The van der Waals surface area contributed by atoms with Crippen LogP contribution in [0.2, 0.25) is 0 Å². The van der Waals surface area contributed by atoms with E-state index in [2.05, 4.69) is 9.97 Å². The molecule has 33 heavy (non-hydrogen) atoms. The Bertz CT molecular complexity index is 1160. The van der Waals surface area contributed by atoms with Crippen molar-refractivity contribution in [2.24, 2.45) is 0 Å². The Balaban J connectivity index is 1.44. The molecule has 1 atom stereocenters. The molecule has 5 rings (SSSR count). The fourth-order valence-electron chi connectivity index (χ4n) is 5.23. The van der Waals surface area contributed by atoms with Gasteiger partial charge < -0.3 is 14.8 Å². The highest BCUT2D eigenvalue weighted by molar-refractivity contribution is 5.95. The van der Waals surface area contributed by atoms with Gasteiger partial charge in [-0.25, -0.2) is 9.97 Å². The van der Waals surface area contributed by atoms with Gasteiger partial charge in [0.05, 0.1) is 23.7 Å². The van der Waals surface area contributed by atoms with Crippen LogP contribution in [0.4, 0.5) is 0 Å². The molecule has 2 aliphatic rings. The summed E-state index contributed by atoms with van der Waals surface area (Å²) in [6.07, 6.45) is 9.97. The Morgan fingerprint density at radius 2 is 1.85 bits per heavy atom. The van der Waals surface area contributed by atoms with Crippen LogP contribution in [0.5, 0.6) is 0 Å². The zero-order chi connectivity index (χ0) is 22.8. The van der Waals surface area contributed by atoms with Crippen molar-refractivity contribution in [1.82, 2.24) is 24.8 Å². The van der Waals surface area contributed by atoms with Crippen LogP contribution in [0.3, 0.4) is 0 Å². The van der Waals surface area contributed by atoms with Gasteiger partial charge in [-0.2, -0.15) is 0 Å². The van der Waals surface area contributed by atoms with Gasteiger partial charge in [-0.15, -0.1) is 0 Å². The van der Waals surface area contributed by atoms with Crippen LogP contribution in [0.15, 0.2) is 36.7 Å². The molecule has 2 amide bonds. The van der Waals surface area contributed by atoms with Crippen LogP contribution >= 0.6 is 0 Å². The number of hydrogen-bond donors (Lipinski definition) is 1. The molecule has 3 aromatic rings. The van der Waals surface area contributed by atoms with Gasteiger partial charge in [0.15, 0.2) is 0 Å².